The first kappa shape index (κ1) is 14.1. The standard InChI is InChI=1S/C14H15N3O2S2/c1-8-6-10(13(15)20-8)14-16-11-7-9(21(3,18)19)4-5-12(11)17(14)2/h4-7H,15H2,1-3H3. The van der Waals surface area contributed by atoms with Crippen LogP contribution in [0.1, 0.15) is 4.88 Å². The van der Waals surface area contributed by atoms with E-state index in [1.54, 1.807) is 18.2 Å². The van der Waals surface area contributed by atoms with E-state index in [2.05, 4.69) is 4.98 Å². The first-order chi connectivity index (χ1) is 9.77. The molecule has 0 fully saturated rings. The lowest BCUT2D eigenvalue weighted by Crippen LogP contribution is -1.96. The van der Waals surface area contributed by atoms with E-state index in [0.29, 0.717) is 10.5 Å². The predicted molar refractivity (Wildman–Crippen MR) is 86.3 cm³/mol. The maximum absolute atomic E-state index is 11.6. The van der Waals surface area contributed by atoms with Crippen molar-refractivity contribution in [3.05, 3.63) is 29.1 Å². The van der Waals surface area contributed by atoms with Crippen molar-refractivity contribution in [3.8, 4) is 11.4 Å². The van der Waals surface area contributed by atoms with Gasteiger partial charge in [0.25, 0.3) is 0 Å². The highest BCUT2D eigenvalue weighted by Crippen LogP contribution is 2.34. The lowest BCUT2D eigenvalue weighted by molar-refractivity contribution is 0.602. The normalized spacial score (nSPS) is 12.1. The van der Waals surface area contributed by atoms with E-state index >= 15 is 0 Å². The van der Waals surface area contributed by atoms with Crippen LogP contribution < -0.4 is 5.73 Å². The number of thiophene rings is 1. The highest BCUT2D eigenvalue weighted by Gasteiger charge is 2.16. The number of benzene rings is 1. The van der Waals surface area contributed by atoms with Gasteiger partial charge in [-0.05, 0) is 31.2 Å². The molecule has 0 saturated heterocycles. The zero-order valence-electron chi connectivity index (χ0n) is 11.9. The first-order valence-corrected chi connectivity index (χ1v) is 9.01. The third kappa shape index (κ3) is 2.32. The number of hydrogen-bond donors (Lipinski definition) is 1. The average molecular weight is 321 g/mol. The van der Waals surface area contributed by atoms with Gasteiger partial charge in [0.15, 0.2) is 9.84 Å². The number of aryl methyl sites for hydroxylation is 2. The number of nitrogen functional groups attached to an aromatic ring is 1. The van der Waals surface area contributed by atoms with Crippen molar-refractivity contribution in [2.24, 2.45) is 7.05 Å². The molecule has 1 aromatic carbocycles. The second kappa shape index (κ2) is 4.57. The highest BCUT2D eigenvalue weighted by atomic mass is 32.2. The summed E-state index contributed by atoms with van der Waals surface area (Å²) in [7, 11) is -1.34. The molecule has 0 unspecified atom stereocenters. The molecule has 0 bridgehead atoms. The number of nitrogens with two attached hydrogens (primary N) is 1. The zero-order chi connectivity index (χ0) is 15.4. The zero-order valence-corrected chi connectivity index (χ0v) is 13.5. The van der Waals surface area contributed by atoms with Gasteiger partial charge in [0.2, 0.25) is 0 Å². The summed E-state index contributed by atoms with van der Waals surface area (Å²) in [6.07, 6.45) is 1.19. The van der Waals surface area contributed by atoms with Gasteiger partial charge in [-0.3, -0.25) is 0 Å². The van der Waals surface area contributed by atoms with Crippen molar-refractivity contribution in [2.45, 2.75) is 11.8 Å². The van der Waals surface area contributed by atoms with E-state index in [9.17, 15) is 8.42 Å². The molecule has 0 atom stereocenters. The van der Waals surface area contributed by atoms with Crippen LogP contribution in [0.25, 0.3) is 22.4 Å². The maximum Gasteiger partial charge on any atom is 0.175 e. The number of sulfone groups is 1. The molecule has 5 nitrogen and oxygen atoms in total. The Bertz CT molecular complexity index is 952. The molecule has 0 radical (unpaired) electrons. The molecule has 0 spiro atoms. The highest BCUT2D eigenvalue weighted by molar-refractivity contribution is 7.90. The van der Waals surface area contributed by atoms with E-state index in [1.165, 1.54) is 17.6 Å². The number of rotatable bonds is 2. The SMILES string of the molecule is Cc1cc(-c2nc3cc(S(C)(=O)=O)ccc3n2C)c(N)s1. The summed E-state index contributed by atoms with van der Waals surface area (Å²) in [5, 5.41) is 0.717. The van der Waals surface area contributed by atoms with Gasteiger partial charge in [0.05, 0.1) is 26.5 Å². The summed E-state index contributed by atoms with van der Waals surface area (Å²) in [6, 6.07) is 6.98. The van der Waals surface area contributed by atoms with Crippen molar-refractivity contribution in [1.82, 2.24) is 9.55 Å². The Morgan fingerprint density at radius 1 is 1.29 bits per heavy atom. The number of imidazole rings is 1. The molecule has 0 aliphatic carbocycles. The lowest BCUT2D eigenvalue weighted by Gasteiger charge is -2.01. The van der Waals surface area contributed by atoms with Crippen LogP contribution in [-0.4, -0.2) is 24.2 Å². The quantitative estimate of drug-likeness (QED) is 0.787. The fourth-order valence-corrected chi connectivity index (χ4v) is 3.78. The summed E-state index contributed by atoms with van der Waals surface area (Å²) in [5.41, 5.74) is 8.45. The van der Waals surface area contributed by atoms with E-state index in [-0.39, 0.29) is 4.90 Å². The second-order valence-electron chi connectivity index (χ2n) is 5.05. The van der Waals surface area contributed by atoms with Gasteiger partial charge in [0.1, 0.15) is 5.82 Å². The topological polar surface area (TPSA) is 78.0 Å². The Balaban J connectivity index is 2.27. The number of anilines is 1. The molecule has 0 aliphatic heterocycles. The van der Waals surface area contributed by atoms with E-state index in [0.717, 1.165) is 21.8 Å². The number of hydrogen-bond acceptors (Lipinski definition) is 5. The molecule has 110 valence electrons. The molecule has 0 aliphatic rings. The van der Waals surface area contributed by atoms with E-state index in [4.69, 9.17) is 5.73 Å². The predicted octanol–water partition coefficient (Wildman–Crippen LogP) is 2.60. The maximum atomic E-state index is 11.6. The minimum absolute atomic E-state index is 0.272. The molecular formula is C14H15N3O2S2. The lowest BCUT2D eigenvalue weighted by atomic mass is 10.3. The smallest absolute Gasteiger partial charge is 0.175 e. The molecule has 3 aromatic rings. The summed E-state index contributed by atoms with van der Waals surface area (Å²) in [6.45, 7) is 1.99. The van der Waals surface area contributed by atoms with Gasteiger partial charge in [-0.25, -0.2) is 13.4 Å². The van der Waals surface area contributed by atoms with E-state index in [1.807, 2.05) is 24.6 Å². The largest absolute Gasteiger partial charge is 0.390 e. The Morgan fingerprint density at radius 2 is 2.00 bits per heavy atom. The van der Waals surface area contributed by atoms with Crippen LogP contribution in [0.4, 0.5) is 5.00 Å². The second-order valence-corrected chi connectivity index (χ2v) is 8.36. The molecule has 3 rings (SSSR count). The molecule has 2 aromatic heterocycles. The molecule has 7 heteroatoms. The Hall–Kier alpha value is -1.86. The number of nitrogens with zero attached hydrogens (tertiary/aromatic N) is 2. The first-order valence-electron chi connectivity index (χ1n) is 6.30. The number of aromatic nitrogens is 2. The monoisotopic (exact) mass is 321 g/mol. The van der Waals surface area contributed by atoms with Gasteiger partial charge in [-0.2, -0.15) is 0 Å². The fourth-order valence-electron chi connectivity index (χ4n) is 2.36. The molecule has 0 amide bonds. The summed E-state index contributed by atoms with van der Waals surface area (Å²) < 4.78 is 25.2. The van der Waals surface area contributed by atoms with Crippen LogP contribution in [0.2, 0.25) is 0 Å². The van der Waals surface area contributed by atoms with Crippen LogP contribution in [0.15, 0.2) is 29.2 Å². The third-order valence-electron chi connectivity index (χ3n) is 3.41. The van der Waals surface area contributed by atoms with Crippen LogP contribution >= 0.6 is 11.3 Å². The minimum Gasteiger partial charge on any atom is -0.390 e. The van der Waals surface area contributed by atoms with Crippen molar-refractivity contribution in [1.29, 1.82) is 0 Å². The van der Waals surface area contributed by atoms with E-state index < -0.39 is 9.84 Å². The van der Waals surface area contributed by atoms with Crippen LogP contribution in [-0.2, 0) is 16.9 Å². The number of fused-ring (bicyclic) bond motifs is 1. The average Bonchev–Trinajstić information content (AvgIpc) is 2.88. The molecular weight excluding hydrogens is 306 g/mol. The van der Waals surface area contributed by atoms with Gasteiger partial charge in [-0.1, -0.05) is 0 Å². The Morgan fingerprint density at radius 3 is 2.57 bits per heavy atom. The minimum atomic E-state index is -3.24. The van der Waals surface area contributed by atoms with Crippen LogP contribution in [0.5, 0.6) is 0 Å². The summed E-state index contributed by atoms with van der Waals surface area (Å²) in [5.74, 6) is 0.748. The third-order valence-corrected chi connectivity index (χ3v) is 5.40. The van der Waals surface area contributed by atoms with Crippen molar-refractivity contribution >= 4 is 37.2 Å². The van der Waals surface area contributed by atoms with Crippen molar-refractivity contribution < 1.29 is 8.42 Å². The Labute approximate surface area is 127 Å². The summed E-state index contributed by atoms with van der Waals surface area (Å²) >= 11 is 1.52. The fraction of sp³-hybridized carbons (Fsp3) is 0.214. The Kier molecular flexibility index (Phi) is 3.07. The van der Waals surface area contributed by atoms with Gasteiger partial charge < -0.3 is 10.3 Å². The van der Waals surface area contributed by atoms with Gasteiger partial charge in [-0.15, -0.1) is 11.3 Å². The molecule has 0 saturated carbocycles. The molecule has 2 heterocycles. The van der Waals surface area contributed by atoms with Crippen molar-refractivity contribution in [2.75, 3.05) is 12.0 Å². The van der Waals surface area contributed by atoms with Gasteiger partial charge >= 0.3 is 0 Å². The van der Waals surface area contributed by atoms with Crippen LogP contribution in [0, 0.1) is 6.92 Å². The molecule has 2 N–H and O–H groups in total. The summed E-state index contributed by atoms with van der Waals surface area (Å²) in [4.78, 5) is 5.95. The van der Waals surface area contributed by atoms with Crippen molar-refractivity contribution in [3.63, 3.8) is 0 Å². The molecule has 21 heavy (non-hydrogen) atoms. The van der Waals surface area contributed by atoms with Gasteiger partial charge in [0, 0.05) is 18.2 Å². The van der Waals surface area contributed by atoms with Crippen LogP contribution in [0.3, 0.4) is 0 Å².